The molecule has 1 spiro atoms. The standard InChI is InChI=1S/C13H22BrNO/c14-11-4-8-15(9-11)10-12-3-7-13(16-12)5-1-2-6-13/h11-12H,1-10H2. The molecule has 0 bridgehead atoms. The van der Waals surface area contributed by atoms with Gasteiger partial charge in [0.1, 0.15) is 0 Å². The molecule has 2 heterocycles. The molecule has 2 nitrogen and oxygen atoms in total. The summed E-state index contributed by atoms with van der Waals surface area (Å²) in [5.74, 6) is 0. The fraction of sp³-hybridized carbons (Fsp3) is 1.00. The number of halogens is 1. The fourth-order valence-corrected chi connectivity index (χ4v) is 4.26. The zero-order valence-corrected chi connectivity index (χ0v) is 11.5. The van der Waals surface area contributed by atoms with Crippen LogP contribution in [0.1, 0.15) is 44.9 Å². The van der Waals surface area contributed by atoms with Gasteiger partial charge in [-0.15, -0.1) is 0 Å². The zero-order valence-electron chi connectivity index (χ0n) is 9.96. The average molecular weight is 288 g/mol. The summed E-state index contributed by atoms with van der Waals surface area (Å²) in [6.45, 7) is 3.64. The predicted molar refractivity (Wildman–Crippen MR) is 69.1 cm³/mol. The van der Waals surface area contributed by atoms with Gasteiger partial charge in [-0.25, -0.2) is 0 Å². The van der Waals surface area contributed by atoms with E-state index < -0.39 is 0 Å². The molecule has 0 aromatic carbocycles. The first-order valence-electron chi connectivity index (χ1n) is 6.80. The van der Waals surface area contributed by atoms with E-state index in [0.29, 0.717) is 16.5 Å². The van der Waals surface area contributed by atoms with Crippen LogP contribution in [0, 0.1) is 0 Å². The fourth-order valence-electron chi connectivity index (χ4n) is 3.65. The molecule has 2 atom stereocenters. The second-order valence-electron chi connectivity index (χ2n) is 5.81. The summed E-state index contributed by atoms with van der Waals surface area (Å²) in [7, 11) is 0. The molecule has 0 amide bonds. The molecule has 2 aliphatic heterocycles. The third-order valence-corrected chi connectivity index (χ3v) is 5.28. The third-order valence-electron chi connectivity index (χ3n) is 4.53. The molecule has 3 fully saturated rings. The Bertz CT molecular complexity index is 252. The van der Waals surface area contributed by atoms with E-state index in [1.54, 1.807) is 0 Å². The molecule has 16 heavy (non-hydrogen) atoms. The van der Waals surface area contributed by atoms with Crippen LogP contribution in [0.4, 0.5) is 0 Å². The van der Waals surface area contributed by atoms with Crippen molar-refractivity contribution >= 4 is 15.9 Å². The van der Waals surface area contributed by atoms with Gasteiger partial charge in [-0.2, -0.15) is 0 Å². The number of hydrogen-bond donors (Lipinski definition) is 0. The van der Waals surface area contributed by atoms with Crippen LogP contribution < -0.4 is 0 Å². The van der Waals surface area contributed by atoms with Crippen LogP contribution in [0.5, 0.6) is 0 Å². The highest BCUT2D eigenvalue weighted by Crippen LogP contribution is 2.43. The van der Waals surface area contributed by atoms with Crippen molar-refractivity contribution < 1.29 is 4.74 Å². The smallest absolute Gasteiger partial charge is 0.0710 e. The van der Waals surface area contributed by atoms with Crippen molar-refractivity contribution in [2.45, 2.75) is 61.5 Å². The molecule has 0 radical (unpaired) electrons. The maximum atomic E-state index is 6.35. The molecule has 2 unspecified atom stereocenters. The monoisotopic (exact) mass is 287 g/mol. The summed E-state index contributed by atoms with van der Waals surface area (Å²) < 4.78 is 6.35. The molecule has 0 aromatic rings. The van der Waals surface area contributed by atoms with E-state index in [1.165, 1.54) is 64.6 Å². The van der Waals surface area contributed by atoms with E-state index in [-0.39, 0.29) is 0 Å². The minimum atomic E-state index is 0.318. The van der Waals surface area contributed by atoms with Gasteiger partial charge >= 0.3 is 0 Å². The molecule has 2 saturated heterocycles. The van der Waals surface area contributed by atoms with Crippen molar-refractivity contribution in [2.24, 2.45) is 0 Å². The van der Waals surface area contributed by atoms with E-state index in [1.807, 2.05) is 0 Å². The topological polar surface area (TPSA) is 12.5 Å². The van der Waals surface area contributed by atoms with Gasteiger partial charge in [0.2, 0.25) is 0 Å². The van der Waals surface area contributed by atoms with Gasteiger partial charge in [0.15, 0.2) is 0 Å². The molecule has 3 heteroatoms. The highest BCUT2D eigenvalue weighted by atomic mass is 79.9. The van der Waals surface area contributed by atoms with Crippen molar-refractivity contribution in [3.05, 3.63) is 0 Å². The predicted octanol–water partition coefficient (Wildman–Crippen LogP) is 2.95. The summed E-state index contributed by atoms with van der Waals surface area (Å²) in [6.07, 6.45) is 9.87. The van der Waals surface area contributed by atoms with E-state index in [9.17, 15) is 0 Å². The van der Waals surface area contributed by atoms with E-state index in [2.05, 4.69) is 20.8 Å². The number of alkyl halides is 1. The number of ether oxygens (including phenoxy) is 1. The molecule has 3 rings (SSSR count). The van der Waals surface area contributed by atoms with Crippen LogP contribution in [0.25, 0.3) is 0 Å². The lowest BCUT2D eigenvalue weighted by atomic mass is 9.98. The largest absolute Gasteiger partial charge is 0.370 e. The molecule has 1 saturated carbocycles. The summed E-state index contributed by atoms with van der Waals surface area (Å²) in [4.78, 5) is 3.28. The summed E-state index contributed by atoms with van der Waals surface area (Å²) >= 11 is 3.71. The zero-order chi connectivity index (χ0) is 11.0. The van der Waals surface area contributed by atoms with Gasteiger partial charge in [0, 0.05) is 17.9 Å². The lowest BCUT2D eigenvalue weighted by Gasteiger charge is -2.26. The number of likely N-dealkylation sites (tertiary alicyclic amines) is 1. The van der Waals surface area contributed by atoms with Crippen molar-refractivity contribution in [1.29, 1.82) is 0 Å². The lowest BCUT2D eigenvalue weighted by Crippen LogP contribution is -2.33. The summed E-state index contributed by atoms with van der Waals surface area (Å²) in [5, 5.41) is 0. The maximum Gasteiger partial charge on any atom is 0.0710 e. The molecular weight excluding hydrogens is 266 g/mol. The summed E-state index contributed by atoms with van der Waals surface area (Å²) in [5.41, 5.74) is 0.318. The van der Waals surface area contributed by atoms with Gasteiger partial charge in [-0.1, -0.05) is 28.8 Å². The lowest BCUT2D eigenvalue weighted by molar-refractivity contribution is -0.0452. The van der Waals surface area contributed by atoms with Gasteiger partial charge in [-0.3, -0.25) is 4.90 Å². The molecule has 0 aromatic heterocycles. The summed E-state index contributed by atoms with van der Waals surface area (Å²) in [6, 6.07) is 0. The number of rotatable bonds is 2. The first-order chi connectivity index (χ1) is 7.76. The van der Waals surface area contributed by atoms with Crippen molar-refractivity contribution in [3.8, 4) is 0 Å². The van der Waals surface area contributed by atoms with Gasteiger partial charge in [-0.05, 0) is 38.6 Å². The Hall–Kier alpha value is 0.400. The van der Waals surface area contributed by atoms with Gasteiger partial charge in [0.25, 0.3) is 0 Å². The molecule has 3 aliphatic rings. The second-order valence-corrected chi connectivity index (χ2v) is 7.11. The van der Waals surface area contributed by atoms with Crippen LogP contribution in [-0.4, -0.2) is 41.1 Å². The third kappa shape index (κ3) is 2.32. The maximum absolute atomic E-state index is 6.35. The Morgan fingerprint density at radius 3 is 2.69 bits per heavy atom. The van der Waals surface area contributed by atoms with Crippen LogP contribution in [0.15, 0.2) is 0 Å². The second kappa shape index (κ2) is 4.58. The first kappa shape index (κ1) is 11.5. The van der Waals surface area contributed by atoms with Gasteiger partial charge < -0.3 is 4.74 Å². The van der Waals surface area contributed by atoms with Crippen LogP contribution in [0.3, 0.4) is 0 Å². The average Bonchev–Trinajstić information content (AvgIpc) is 2.94. The highest BCUT2D eigenvalue weighted by molar-refractivity contribution is 9.09. The molecular formula is C13H22BrNO. The Balaban J connectivity index is 1.50. The van der Waals surface area contributed by atoms with Crippen molar-refractivity contribution in [1.82, 2.24) is 4.90 Å². The van der Waals surface area contributed by atoms with E-state index in [0.717, 1.165) is 0 Å². The molecule has 92 valence electrons. The van der Waals surface area contributed by atoms with Gasteiger partial charge in [0.05, 0.1) is 11.7 Å². The van der Waals surface area contributed by atoms with Crippen LogP contribution >= 0.6 is 15.9 Å². The Morgan fingerprint density at radius 1 is 1.19 bits per heavy atom. The Morgan fingerprint density at radius 2 is 2.00 bits per heavy atom. The number of nitrogens with zero attached hydrogens (tertiary/aromatic N) is 1. The SMILES string of the molecule is BrC1CCN(CC2CCC3(CCCC3)O2)C1. The minimum Gasteiger partial charge on any atom is -0.370 e. The number of hydrogen-bond acceptors (Lipinski definition) is 2. The van der Waals surface area contributed by atoms with Crippen LogP contribution in [0.2, 0.25) is 0 Å². The van der Waals surface area contributed by atoms with Crippen molar-refractivity contribution in [3.63, 3.8) is 0 Å². The van der Waals surface area contributed by atoms with Crippen molar-refractivity contribution in [2.75, 3.05) is 19.6 Å². The van der Waals surface area contributed by atoms with E-state index in [4.69, 9.17) is 4.74 Å². The Labute approximate surface area is 107 Å². The molecule has 1 aliphatic carbocycles. The minimum absolute atomic E-state index is 0.318. The molecule has 0 N–H and O–H groups in total. The normalized spacial score (nSPS) is 38.8. The van der Waals surface area contributed by atoms with E-state index >= 15 is 0 Å². The van der Waals surface area contributed by atoms with Crippen LogP contribution in [-0.2, 0) is 4.74 Å². The Kier molecular flexibility index (Phi) is 3.29. The first-order valence-corrected chi connectivity index (χ1v) is 7.72. The highest BCUT2D eigenvalue weighted by Gasteiger charge is 2.42. The quantitative estimate of drug-likeness (QED) is 0.724.